The lowest BCUT2D eigenvalue weighted by Gasteiger charge is -2.46. The van der Waals surface area contributed by atoms with Crippen LogP contribution in [0, 0.1) is 0 Å². The van der Waals surface area contributed by atoms with Crippen molar-refractivity contribution in [3.63, 3.8) is 0 Å². The summed E-state index contributed by atoms with van der Waals surface area (Å²) in [6.45, 7) is 2.81. The van der Waals surface area contributed by atoms with Gasteiger partial charge >= 0.3 is 0 Å². The summed E-state index contributed by atoms with van der Waals surface area (Å²) in [5, 5.41) is 87.2. The molecule has 2 aliphatic rings. The fourth-order valence-electron chi connectivity index (χ4n) is 10.9. The van der Waals surface area contributed by atoms with Gasteiger partial charge in [-0.2, -0.15) is 0 Å². The fourth-order valence-corrected chi connectivity index (χ4v) is 10.9. The molecular weight excluding hydrogens is 991 g/mol. The van der Waals surface area contributed by atoms with E-state index in [1.165, 1.54) is 218 Å². The van der Waals surface area contributed by atoms with Gasteiger partial charge in [-0.3, -0.25) is 4.79 Å². The van der Waals surface area contributed by atoms with E-state index in [0.29, 0.717) is 12.8 Å². The zero-order valence-electron chi connectivity index (χ0n) is 49.7. The van der Waals surface area contributed by atoms with Crippen molar-refractivity contribution in [1.82, 2.24) is 5.32 Å². The molecule has 460 valence electrons. The number of hydrogen-bond donors (Lipinski definition) is 9. The highest BCUT2D eigenvalue weighted by molar-refractivity contribution is 5.76. The average Bonchev–Trinajstić information content (AvgIpc) is 3.48. The number of nitrogens with one attached hydrogen (secondary N) is 1. The van der Waals surface area contributed by atoms with Crippen LogP contribution >= 0.6 is 0 Å². The summed E-state index contributed by atoms with van der Waals surface area (Å²) in [7, 11) is 0. The van der Waals surface area contributed by atoms with Crippen molar-refractivity contribution < 1.29 is 64.6 Å². The molecule has 2 fully saturated rings. The van der Waals surface area contributed by atoms with Crippen LogP contribution in [0.4, 0.5) is 0 Å². The van der Waals surface area contributed by atoms with Gasteiger partial charge in [0.15, 0.2) is 12.6 Å². The lowest BCUT2D eigenvalue weighted by molar-refractivity contribution is -0.359. The van der Waals surface area contributed by atoms with Crippen molar-refractivity contribution >= 4 is 5.91 Å². The number of aliphatic hydroxyl groups is 8. The maximum absolute atomic E-state index is 13.3. The van der Waals surface area contributed by atoms with Crippen LogP contribution in [0.15, 0.2) is 24.3 Å². The smallest absolute Gasteiger partial charge is 0.220 e. The molecule has 2 rings (SSSR count). The van der Waals surface area contributed by atoms with E-state index in [2.05, 4.69) is 31.3 Å². The zero-order valence-corrected chi connectivity index (χ0v) is 49.7. The molecule has 0 aromatic rings. The molecule has 0 spiro atoms. The Morgan fingerprint density at radius 2 is 0.821 bits per heavy atom. The van der Waals surface area contributed by atoms with E-state index in [4.69, 9.17) is 18.9 Å². The number of unbranched alkanes of at least 4 members (excludes halogenated alkanes) is 38. The van der Waals surface area contributed by atoms with Gasteiger partial charge in [-0.05, 0) is 32.1 Å². The highest BCUT2D eigenvalue weighted by atomic mass is 16.7. The summed E-state index contributed by atoms with van der Waals surface area (Å²) in [4.78, 5) is 13.3. The molecule has 2 heterocycles. The molecule has 14 nitrogen and oxygen atoms in total. The number of ether oxygens (including phenoxy) is 4. The number of rotatable bonds is 53. The number of carbonyl (C=O) groups excluding carboxylic acids is 1. The molecule has 1 amide bonds. The van der Waals surface area contributed by atoms with Crippen LogP contribution in [-0.4, -0.2) is 140 Å². The van der Waals surface area contributed by atoms with Gasteiger partial charge in [-0.25, -0.2) is 0 Å². The topological polar surface area (TPSA) is 228 Å². The Morgan fingerprint density at radius 3 is 1.26 bits per heavy atom. The molecule has 9 N–H and O–H groups in total. The van der Waals surface area contributed by atoms with Crippen LogP contribution in [0.5, 0.6) is 0 Å². The van der Waals surface area contributed by atoms with Crippen molar-refractivity contribution in [2.75, 3.05) is 19.8 Å². The molecule has 14 heteroatoms. The van der Waals surface area contributed by atoms with Gasteiger partial charge in [0.05, 0.1) is 32.0 Å². The Hall–Kier alpha value is -1.53. The van der Waals surface area contributed by atoms with Gasteiger partial charge < -0.3 is 65.1 Å². The Bertz CT molecular complexity index is 1400. The van der Waals surface area contributed by atoms with Crippen molar-refractivity contribution in [3.05, 3.63) is 24.3 Å². The largest absolute Gasteiger partial charge is 0.394 e. The van der Waals surface area contributed by atoms with E-state index >= 15 is 0 Å². The first-order chi connectivity index (χ1) is 38.1. The maximum atomic E-state index is 13.3. The van der Waals surface area contributed by atoms with Gasteiger partial charge in [-0.1, -0.05) is 269 Å². The zero-order chi connectivity index (χ0) is 56.7. The molecule has 12 atom stereocenters. The van der Waals surface area contributed by atoms with E-state index in [9.17, 15) is 45.6 Å². The van der Waals surface area contributed by atoms with Crippen molar-refractivity contribution in [2.45, 2.75) is 357 Å². The van der Waals surface area contributed by atoms with Gasteiger partial charge in [-0.15, -0.1) is 0 Å². The van der Waals surface area contributed by atoms with E-state index in [1.54, 1.807) is 6.08 Å². The first-order valence-electron chi connectivity index (χ1n) is 32.6. The summed E-state index contributed by atoms with van der Waals surface area (Å²) in [5.74, 6) is -0.243. The van der Waals surface area contributed by atoms with E-state index in [1.807, 2.05) is 6.08 Å². The lowest BCUT2D eigenvalue weighted by atomic mass is 9.97. The first-order valence-corrected chi connectivity index (χ1v) is 32.6. The number of allylic oxidation sites excluding steroid dienone is 3. The van der Waals surface area contributed by atoms with Crippen LogP contribution < -0.4 is 5.32 Å². The predicted octanol–water partition coefficient (Wildman–Crippen LogP) is 12.0. The minimum absolute atomic E-state index is 0.243. The molecule has 0 aromatic carbocycles. The van der Waals surface area contributed by atoms with Gasteiger partial charge in [0.2, 0.25) is 5.91 Å². The van der Waals surface area contributed by atoms with Crippen LogP contribution in [0.1, 0.15) is 284 Å². The quantitative estimate of drug-likeness (QED) is 0.0204. The van der Waals surface area contributed by atoms with Crippen molar-refractivity contribution in [3.8, 4) is 0 Å². The summed E-state index contributed by atoms with van der Waals surface area (Å²) < 4.78 is 22.8. The van der Waals surface area contributed by atoms with Crippen LogP contribution in [0.2, 0.25) is 0 Å². The molecule has 2 saturated heterocycles. The predicted molar refractivity (Wildman–Crippen MR) is 314 cm³/mol. The Labute approximate surface area is 475 Å². The van der Waals surface area contributed by atoms with Gasteiger partial charge in [0.1, 0.15) is 48.8 Å². The summed E-state index contributed by atoms with van der Waals surface area (Å²) >= 11 is 0. The minimum atomic E-state index is -1.79. The molecule has 0 radical (unpaired) electrons. The minimum Gasteiger partial charge on any atom is -0.394 e. The Morgan fingerprint density at radius 1 is 0.449 bits per heavy atom. The normalized spacial score (nSPS) is 24.6. The summed E-state index contributed by atoms with van der Waals surface area (Å²) in [5.41, 5.74) is 0. The second-order valence-electron chi connectivity index (χ2n) is 23.2. The lowest BCUT2D eigenvalue weighted by Crippen LogP contribution is -2.65. The third-order valence-corrected chi connectivity index (χ3v) is 16.1. The first kappa shape index (κ1) is 72.6. The van der Waals surface area contributed by atoms with Crippen LogP contribution in [-0.2, 0) is 23.7 Å². The van der Waals surface area contributed by atoms with Crippen molar-refractivity contribution in [2.24, 2.45) is 0 Å². The monoisotopic (exact) mass is 1110 g/mol. The highest BCUT2D eigenvalue weighted by Gasteiger charge is 2.51. The molecule has 0 bridgehead atoms. The molecule has 2 aliphatic heterocycles. The van der Waals surface area contributed by atoms with E-state index in [0.717, 1.165) is 32.1 Å². The third kappa shape index (κ3) is 34.8. The molecule has 0 saturated carbocycles. The fraction of sp³-hybridized carbons (Fsp3) is 0.922. The van der Waals surface area contributed by atoms with E-state index in [-0.39, 0.29) is 18.9 Å². The molecule has 12 unspecified atom stereocenters. The maximum Gasteiger partial charge on any atom is 0.220 e. The van der Waals surface area contributed by atoms with Crippen LogP contribution in [0.25, 0.3) is 0 Å². The SMILES string of the molecule is CCCCCCCCCCCC/C=C/CC/C=C/C(O)C(COC1OC(CO)C(OC2OC(CO)C(O)C(O)C2O)C(O)C1O)NC(=O)CCCCCCCCCCCCCCCCCCCCCCCCCCCCCC. The highest BCUT2D eigenvalue weighted by Crippen LogP contribution is 2.30. The molecular formula is C64H121NO13. The second kappa shape index (κ2) is 50.0. The summed E-state index contributed by atoms with van der Waals surface area (Å²) in [6, 6.07) is -0.928. The standard InChI is InChI=1S/C64H121NO13/c1-3-5-7-9-11-13-15-17-19-21-22-23-24-25-26-27-28-29-30-31-32-34-36-38-40-42-44-46-48-56(69)65-52(53(68)47-45-43-41-39-37-35-33-20-18-16-14-12-10-8-6-4-2)51-75-63-61(74)59(72)62(55(50-67)77-63)78-64-60(73)58(71)57(70)54(49-66)76-64/h37,39,45,47,52-55,57-64,66-68,70-74H,3-36,38,40-44,46,48-51H2,1-2H3,(H,65,69)/b39-37+,47-45+. The number of hydrogen-bond acceptors (Lipinski definition) is 13. The molecule has 78 heavy (non-hydrogen) atoms. The number of aliphatic hydroxyl groups excluding tert-OH is 8. The molecule has 0 aliphatic carbocycles. The second-order valence-corrected chi connectivity index (χ2v) is 23.2. The number of amides is 1. The van der Waals surface area contributed by atoms with E-state index < -0.39 is 86.8 Å². The summed E-state index contributed by atoms with van der Waals surface area (Å²) in [6.07, 6.45) is 43.8. The van der Waals surface area contributed by atoms with Gasteiger partial charge in [0, 0.05) is 6.42 Å². The van der Waals surface area contributed by atoms with Crippen molar-refractivity contribution in [1.29, 1.82) is 0 Å². The van der Waals surface area contributed by atoms with Gasteiger partial charge in [0.25, 0.3) is 0 Å². The number of carbonyl (C=O) groups is 1. The Balaban J connectivity index is 1.69. The Kier molecular flexibility index (Phi) is 46.5. The van der Waals surface area contributed by atoms with Crippen LogP contribution in [0.3, 0.4) is 0 Å². The average molecular weight is 1110 g/mol. The third-order valence-electron chi connectivity index (χ3n) is 16.1. The molecule has 0 aromatic heterocycles.